The number of benzene rings is 2. The van der Waals surface area contributed by atoms with Gasteiger partial charge in [0.25, 0.3) is 0 Å². The molecule has 0 spiro atoms. The fourth-order valence-corrected chi connectivity index (χ4v) is 2.02. The first kappa shape index (κ1) is 17.0. The number of carboxylic acid groups (broad SMARTS) is 2. The Morgan fingerprint density at radius 2 is 1.71 bits per heavy atom. The zero-order valence-electron chi connectivity index (χ0n) is 12.5. The first-order chi connectivity index (χ1) is 11.5. The van der Waals surface area contributed by atoms with E-state index in [1.807, 2.05) is 6.07 Å². The van der Waals surface area contributed by atoms with Crippen LogP contribution in [0.1, 0.15) is 27.5 Å². The molecule has 1 amide bonds. The second kappa shape index (κ2) is 7.77. The van der Waals surface area contributed by atoms with Gasteiger partial charge in [-0.25, -0.2) is 14.4 Å². The van der Waals surface area contributed by atoms with E-state index in [0.717, 1.165) is 5.56 Å². The molecule has 124 valence electrons. The number of hydrogen-bond donors (Lipinski definition) is 3. The van der Waals surface area contributed by atoms with Crippen molar-refractivity contribution >= 4 is 18.0 Å². The Kier molecular flexibility index (Phi) is 5.51. The van der Waals surface area contributed by atoms with Crippen molar-refractivity contribution in [3.8, 4) is 0 Å². The highest BCUT2D eigenvalue weighted by Crippen LogP contribution is 2.16. The minimum Gasteiger partial charge on any atom is -0.479 e. The van der Waals surface area contributed by atoms with Gasteiger partial charge in [-0.2, -0.15) is 0 Å². The van der Waals surface area contributed by atoms with E-state index in [2.05, 4.69) is 5.32 Å². The quantitative estimate of drug-likeness (QED) is 0.750. The molecule has 1 unspecified atom stereocenters. The SMILES string of the molecule is O=C(NC(C(=O)O)c1cccc(C(=O)O)c1)OCc1ccccc1. The minimum atomic E-state index is -1.41. The largest absolute Gasteiger partial charge is 0.479 e. The van der Waals surface area contributed by atoms with Crippen molar-refractivity contribution in [3.05, 3.63) is 71.3 Å². The summed E-state index contributed by atoms with van der Waals surface area (Å²) in [5.41, 5.74) is 0.824. The average Bonchev–Trinajstić information content (AvgIpc) is 2.58. The summed E-state index contributed by atoms with van der Waals surface area (Å²) in [7, 11) is 0. The maximum atomic E-state index is 11.8. The van der Waals surface area contributed by atoms with Gasteiger partial charge in [0.2, 0.25) is 0 Å². The summed E-state index contributed by atoms with van der Waals surface area (Å²) in [5, 5.41) is 20.5. The third-order valence-corrected chi connectivity index (χ3v) is 3.19. The van der Waals surface area contributed by atoms with E-state index >= 15 is 0 Å². The summed E-state index contributed by atoms with van der Waals surface area (Å²) in [6.07, 6.45) is -0.910. The van der Waals surface area contributed by atoms with Gasteiger partial charge in [-0.15, -0.1) is 0 Å². The average molecular weight is 329 g/mol. The second-order valence-corrected chi connectivity index (χ2v) is 4.91. The third kappa shape index (κ3) is 4.57. The smallest absolute Gasteiger partial charge is 0.408 e. The zero-order valence-corrected chi connectivity index (χ0v) is 12.5. The highest BCUT2D eigenvalue weighted by Gasteiger charge is 2.23. The standard InChI is InChI=1S/C17H15NO6/c19-15(20)13-8-4-7-12(9-13)14(16(21)22)18-17(23)24-10-11-5-2-1-3-6-11/h1-9,14H,10H2,(H,18,23)(H,19,20)(H,21,22). The van der Waals surface area contributed by atoms with Gasteiger partial charge in [0.05, 0.1) is 5.56 Å². The molecular weight excluding hydrogens is 314 g/mol. The lowest BCUT2D eigenvalue weighted by Gasteiger charge is -2.15. The molecule has 0 heterocycles. The van der Waals surface area contributed by atoms with Gasteiger partial charge in [-0.1, -0.05) is 42.5 Å². The van der Waals surface area contributed by atoms with E-state index in [0.29, 0.717) is 0 Å². The molecule has 7 nitrogen and oxygen atoms in total. The third-order valence-electron chi connectivity index (χ3n) is 3.19. The number of ether oxygens (including phenoxy) is 1. The molecule has 2 aromatic carbocycles. The van der Waals surface area contributed by atoms with E-state index in [1.165, 1.54) is 24.3 Å². The maximum Gasteiger partial charge on any atom is 0.408 e. The van der Waals surface area contributed by atoms with Gasteiger partial charge in [0.1, 0.15) is 6.61 Å². The molecular formula is C17H15NO6. The van der Waals surface area contributed by atoms with E-state index < -0.39 is 24.1 Å². The summed E-state index contributed by atoms with van der Waals surface area (Å²) in [6, 6.07) is 12.9. The van der Waals surface area contributed by atoms with Crippen molar-refractivity contribution in [2.24, 2.45) is 0 Å². The molecule has 2 aromatic rings. The van der Waals surface area contributed by atoms with Crippen LogP contribution in [-0.4, -0.2) is 28.2 Å². The van der Waals surface area contributed by atoms with Gasteiger partial charge in [0.15, 0.2) is 6.04 Å². The molecule has 3 N–H and O–H groups in total. The lowest BCUT2D eigenvalue weighted by Crippen LogP contribution is -2.34. The van der Waals surface area contributed by atoms with Crippen LogP contribution in [0.3, 0.4) is 0 Å². The van der Waals surface area contributed by atoms with Crippen molar-refractivity contribution in [2.75, 3.05) is 0 Å². The first-order valence-corrected chi connectivity index (χ1v) is 7.00. The van der Waals surface area contributed by atoms with Gasteiger partial charge in [-0.3, -0.25) is 0 Å². The highest BCUT2D eigenvalue weighted by molar-refractivity contribution is 5.88. The zero-order chi connectivity index (χ0) is 17.5. The first-order valence-electron chi connectivity index (χ1n) is 7.00. The van der Waals surface area contributed by atoms with Crippen LogP contribution in [0.25, 0.3) is 0 Å². The second-order valence-electron chi connectivity index (χ2n) is 4.91. The minimum absolute atomic E-state index is 0.00578. The predicted molar refractivity (Wildman–Crippen MR) is 83.5 cm³/mol. The number of aliphatic carboxylic acids is 1. The maximum absolute atomic E-state index is 11.8. The van der Waals surface area contributed by atoms with E-state index in [-0.39, 0.29) is 17.7 Å². The molecule has 1 atom stereocenters. The predicted octanol–water partition coefficient (Wildman–Crippen LogP) is 2.44. The Labute approximate surface area is 137 Å². The number of alkyl carbamates (subject to hydrolysis) is 1. The summed E-state index contributed by atoms with van der Waals surface area (Å²) < 4.78 is 4.98. The number of aromatic carboxylic acids is 1. The molecule has 0 fully saturated rings. The van der Waals surface area contributed by atoms with Crippen LogP contribution < -0.4 is 5.32 Å². The Morgan fingerprint density at radius 3 is 2.33 bits per heavy atom. The number of carbonyl (C=O) groups excluding carboxylic acids is 1. The molecule has 2 rings (SSSR count). The lowest BCUT2D eigenvalue weighted by molar-refractivity contribution is -0.139. The normalized spacial score (nSPS) is 11.3. The Morgan fingerprint density at radius 1 is 1.00 bits per heavy atom. The van der Waals surface area contributed by atoms with Crippen molar-refractivity contribution in [2.45, 2.75) is 12.6 Å². The van der Waals surface area contributed by atoms with Crippen LogP contribution in [0.4, 0.5) is 4.79 Å². The lowest BCUT2D eigenvalue weighted by atomic mass is 10.0. The van der Waals surface area contributed by atoms with E-state index in [1.54, 1.807) is 24.3 Å². The van der Waals surface area contributed by atoms with Crippen LogP contribution in [0, 0.1) is 0 Å². The molecule has 0 aliphatic heterocycles. The molecule has 0 aliphatic rings. The van der Waals surface area contributed by atoms with E-state index in [4.69, 9.17) is 9.84 Å². The molecule has 7 heteroatoms. The topological polar surface area (TPSA) is 113 Å². The van der Waals surface area contributed by atoms with Crippen LogP contribution in [-0.2, 0) is 16.1 Å². The molecule has 0 saturated carbocycles. The van der Waals surface area contributed by atoms with E-state index in [9.17, 15) is 19.5 Å². The van der Waals surface area contributed by atoms with Crippen molar-refractivity contribution < 1.29 is 29.3 Å². The number of carboxylic acids is 2. The van der Waals surface area contributed by atoms with Crippen molar-refractivity contribution in [1.82, 2.24) is 5.32 Å². The number of hydrogen-bond acceptors (Lipinski definition) is 4. The molecule has 24 heavy (non-hydrogen) atoms. The fourth-order valence-electron chi connectivity index (χ4n) is 2.02. The fraction of sp³-hybridized carbons (Fsp3) is 0.118. The molecule has 0 aromatic heterocycles. The number of amides is 1. The highest BCUT2D eigenvalue weighted by atomic mass is 16.5. The summed E-state index contributed by atoms with van der Waals surface area (Å²) in [5.74, 6) is -2.51. The Hall–Kier alpha value is -3.35. The number of nitrogens with one attached hydrogen (secondary N) is 1. The van der Waals surface area contributed by atoms with Gasteiger partial charge >= 0.3 is 18.0 Å². The monoisotopic (exact) mass is 329 g/mol. The summed E-state index contributed by atoms with van der Waals surface area (Å²) in [4.78, 5) is 34.2. The van der Waals surface area contributed by atoms with Crippen LogP contribution >= 0.6 is 0 Å². The number of carbonyl (C=O) groups is 3. The number of rotatable bonds is 6. The Bertz CT molecular complexity index is 744. The molecule has 0 bridgehead atoms. The summed E-state index contributed by atoms with van der Waals surface area (Å²) >= 11 is 0. The van der Waals surface area contributed by atoms with Crippen molar-refractivity contribution in [1.29, 1.82) is 0 Å². The van der Waals surface area contributed by atoms with Crippen LogP contribution in [0.5, 0.6) is 0 Å². The summed E-state index contributed by atoms with van der Waals surface area (Å²) in [6.45, 7) is -0.00578. The van der Waals surface area contributed by atoms with Gasteiger partial charge in [0, 0.05) is 0 Å². The van der Waals surface area contributed by atoms with Crippen LogP contribution in [0.2, 0.25) is 0 Å². The van der Waals surface area contributed by atoms with Crippen LogP contribution in [0.15, 0.2) is 54.6 Å². The molecule has 0 aliphatic carbocycles. The Balaban J connectivity index is 2.05. The van der Waals surface area contributed by atoms with Gasteiger partial charge in [-0.05, 0) is 23.3 Å². The van der Waals surface area contributed by atoms with Gasteiger partial charge < -0.3 is 20.3 Å². The van der Waals surface area contributed by atoms with Crippen molar-refractivity contribution in [3.63, 3.8) is 0 Å². The molecule has 0 saturated heterocycles. The molecule has 0 radical (unpaired) electrons.